The predicted octanol–water partition coefficient (Wildman–Crippen LogP) is 5.74. The Morgan fingerprint density at radius 3 is 2.41 bits per heavy atom. The smallest absolute Gasteiger partial charge is 0.258 e. The molecule has 3 aromatic carbocycles. The molecule has 1 saturated heterocycles. The van der Waals surface area contributed by atoms with Crippen molar-refractivity contribution in [3.63, 3.8) is 0 Å². The standard InChI is InChI=1S/C31H34N4O2/c1-3-21(2)32-30(36)24-13-16-26-27(19-24)34-31(37)28(26)29(23-9-5-4-6-10-23)33-25-14-11-22(12-15-25)20-35-17-7-8-18-35/h4-6,9-16,19,21,33H,3,7-8,17-18,20H2,1-2H3,(H,32,36)(H,34,37)/b29-28-/t21-/m1/s1. The van der Waals surface area contributed by atoms with E-state index in [9.17, 15) is 9.59 Å². The fourth-order valence-electron chi connectivity index (χ4n) is 4.89. The minimum Gasteiger partial charge on any atom is -0.354 e. The zero-order chi connectivity index (χ0) is 25.8. The number of hydrogen-bond donors (Lipinski definition) is 3. The van der Waals surface area contributed by atoms with Gasteiger partial charge in [-0.05, 0) is 74.7 Å². The molecule has 2 heterocycles. The molecule has 2 aliphatic rings. The number of anilines is 2. The fourth-order valence-corrected chi connectivity index (χ4v) is 4.89. The molecule has 1 fully saturated rings. The Balaban J connectivity index is 1.46. The first-order valence-electron chi connectivity index (χ1n) is 13.2. The number of carbonyl (C=O) groups excluding carboxylic acids is 2. The van der Waals surface area contributed by atoms with Crippen LogP contribution in [-0.4, -0.2) is 35.8 Å². The molecule has 0 bridgehead atoms. The zero-order valence-corrected chi connectivity index (χ0v) is 21.5. The van der Waals surface area contributed by atoms with Crippen LogP contribution >= 0.6 is 0 Å². The van der Waals surface area contributed by atoms with E-state index in [1.54, 1.807) is 12.1 Å². The van der Waals surface area contributed by atoms with Gasteiger partial charge in [-0.1, -0.05) is 55.5 Å². The summed E-state index contributed by atoms with van der Waals surface area (Å²) >= 11 is 0. The van der Waals surface area contributed by atoms with Gasteiger partial charge in [-0.25, -0.2) is 0 Å². The molecule has 0 unspecified atom stereocenters. The molecule has 6 nitrogen and oxygen atoms in total. The summed E-state index contributed by atoms with van der Waals surface area (Å²) in [6.07, 6.45) is 3.41. The largest absolute Gasteiger partial charge is 0.354 e. The molecule has 0 aromatic heterocycles. The van der Waals surface area contributed by atoms with E-state index in [4.69, 9.17) is 0 Å². The van der Waals surface area contributed by atoms with E-state index in [1.165, 1.54) is 31.5 Å². The maximum atomic E-state index is 13.3. The first-order valence-corrected chi connectivity index (χ1v) is 13.2. The molecule has 37 heavy (non-hydrogen) atoms. The minimum absolute atomic E-state index is 0.0847. The van der Waals surface area contributed by atoms with Crippen molar-refractivity contribution in [3.8, 4) is 0 Å². The molecule has 6 heteroatoms. The lowest BCUT2D eigenvalue weighted by Gasteiger charge is -2.17. The summed E-state index contributed by atoms with van der Waals surface area (Å²) in [7, 11) is 0. The van der Waals surface area contributed by atoms with E-state index in [2.05, 4.69) is 45.1 Å². The number of hydrogen-bond acceptors (Lipinski definition) is 4. The highest BCUT2D eigenvalue weighted by Gasteiger charge is 2.29. The van der Waals surface area contributed by atoms with Crippen molar-refractivity contribution in [1.82, 2.24) is 10.2 Å². The zero-order valence-electron chi connectivity index (χ0n) is 21.5. The van der Waals surface area contributed by atoms with Crippen LogP contribution in [0.2, 0.25) is 0 Å². The minimum atomic E-state index is -0.188. The molecule has 0 aliphatic carbocycles. The van der Waals surface area contributed by atoms with E-state index >= 15 is 0 Å². The van der Waals surface area contributed by atoms with Gasteiger partial charge in [0.05, 0.1) is 11.3 Å². The maximum Gasteiger partial charge on any atom is 0.258 e. The summed E-state index contributed by atoms with van der Waals surface area (Å²) in [4.78, 5) is 28.4. The summed E-state index contributed by atoms with van der Waals surface area (Å²) in [6, 6.07) is 23.8. The summed E-state index contributed by atoms with van der Waals surface area (Å²) in [5.41, 5.74) is 6.38. The van der Waals surface area contributed by atoms with Crippen molar-refractivity contribution in [3.05, 3.63) is 95.1 Å². The molecule has 3 aromatic rings. The van der Waals surface area contributed by atoms with Gasteiger partial charge in [0.1, 0.15) is 0 Å². The lowest BCUT2D eigenvalue weighted by Crippen LogP contribution is -2.31. The van der Waals surface area contributed by atoms with Crippen LogP contribution in [0.25, 0.3) is 11.3 Å². The first kappa shape index (κ1) is 24.8. The fraction of sp³-hybridized carbons (Fsp3) is 0.290. The third kappa shape index (κ3) is 5.59. The third-order valence-electron chi connectivity index (χ3n) is 7.16. The van der Waals surface area contributed by atoms with Gasteiger partial charge in [-0.15, -0.1) is 0 Å². The molecule has 190 valence electrons. The third-order valence-corrected chi connectivity index (χ3v) is 7.16. The van der Waals surface area contributed by atoms with Crippen molar-refractivity contribution in [2.45, 2.75) is 45.7 Å². The highest BCUT2D eigenvalue weighted by atomic mass is 16.2. The topological polar surface area (TPSA) is 73.5 Å². The lowest BCUT2D eigenvalue weighted by atomic mass is 9.98. The molecule has 2 amide bonds. The number of amides is 2. The average molecular weight is 495 g/mol. The van der Waals surface area contributed by atoms with Crippen LogP contribution in [-0.2, 0) is 11.3 Å². The second-order valence-electron chi connectivity index (χ2n) is 9.92. The van der Waals surface area contributed by atoms with E-state index < -0.39 is 0 Å². The van der Waals surface area contributed by atoms with Gasteiger partial charge in [0.15, 0.2) is 0 Å². The summed E-state index contributed by atoms with van der Waals surface area (Å²) in [6.45, 7) is 7.31. The van der Waals surface area contributed by atoms with Gasteiger partial charge in [-0.3, -0.25) is 14.5 Å². The number of fused-ring (bicyclic) bond motifs is 1. The van der Waals surface area contributed by atoms with Gasteiger partial charge < -0.3 is 16.0 Å². The number of benzene rings is 3. The molecule has 5 rings (SSSR count). The van der Waals surface area contributed by atoms with Crippen molar-refractivity contribution in [1.29, 1.82) is 0 Å². The number of nitrogens with one attached hydrogen (secondary N) is 3. The van der Waals surface area contributed by atoms with Crippen LogP contribution in [0.5, 0.6) is 0 Å². The molecule has 2 aliphatic heterocycles. The first-order chi connectivity index (χ1) is 18.0. The van der Waals surface area contributed by atoms with Gasteiger partial charge in [0, 0.05) is 35.1 Å². The number of likely N-dealkylation sites (tertiary alicyclic amines) is 1. The number of nitrogens with zero attached hydrogens (tertiary/aromatic N) is 1. The second kappa shape index (κ2) is 11.0. The van der Waals surface area contributed by atoms with Crippen molar-refractivity contribution in [2.24, 2.45) is 0 Å². The maximum absolute atomic E-state index is 13.3. The summed E-state index contributed by atoms with van der Waals surface area (Å²) in [5, 5.41) is 9.49. The Hall–Kier alpha value is -3.90. The monoisotopic (exact) mass is 494 g/mol. The highest BCUT2D eigenvalue weighted by Crippen LogP contribution is 2.38. The molecular weight excluding hydrogens is 460 g/mol. The molecule has 1 atom stereocenters. The van der Waals surface area contributed by atoms with E-state index in [0.29, 0.717) is 16.8 Å². The Bertz CT molecular complexity index is 1310. The second-order valence-corrected chi connectivity index (χ2v) is 9.92. The van der Waals surface area contributed by atoms with Gasteiger partial charge in [0.25, 0.3) is 11.8 Å². The molecule has 0 saturated carbocycles. The lowest BCUT2D eigenvalue weighted by molar-refractivity contribution is -0.110. The van der Waals surface area contributed by atoms with E-state index in [-0.39, 0.29) is 17.9 Å². The van der Waals surface area contributed by atoms with Crippen LogP contribution in [0.15, 0.2) is 72.8 Å². The van der Waals surface area contributed by atoms with Gasteiger partial charge in [-0.2, -0.15) is 0 Å². The average Bonchev–Trinajstić information content (AvgIpc) is 3.55. The SMILES string of the molecule is CC[C@@H](C)NC(=O)c1ccc2c(c1)NC(=O)/C2=C(\Nc1ccc(CN2CCCC2)cc1)c1ccccc1. The quantitative estimate of drug-likeness (QED) is 0.349. The van der Waals surface area contributed by atoms with Crippen LogP contribution in [0.3, 0.4) is 0 Å². The van der Waals surface area contributed by atoms with Crippen LogP contribution in [0.4, 0.5) is 11.4 Å². The van der Waals surface area contributed by atoms with Crippen molar-refractivity contribution >= 4 is 34.5 Å². The normalized spacial score (nSPS) is 17.2. The van der Waals surface area contributed by atoms with E-state index in [0.717, 1.165) is 35.5 Å². The number of rotatable bonds is 8. The van der Waals surface area contributed by atoms with Crippen LogP contribution in [0.1, 0.15) is 60.2 Å². The molecule has 0 radical (unpaired) electrons. The Labute approximate surface area is 218 Å². The molecule has 3 N–H and O–H groups in total. The van der Waals surface area contributed by atoms with Crippen molar-refractivity contribution < 1.29 is 9.59 Å². The number of carbonyl (C=O) groups is 2. The Morgan fingerprint density at radius 1 is 0.973 bits per heavy atom. The molecule has 0 spiro atoms. The Morgan fingerprint density at radius 2 is 1.70 bits per heavy atom. The predicted molar refractivity (Wildman–Crippen MR) is 150 cm³/mol. The highest BCUT2D eigenvalue weighted by molar-refractivity contribution is 6.37. The van der Waals surface area contributed by atoms with Gasteiger partial charge in [0.2, 0.25) is 0 Å². The van der Waals surface area contributed by atoms with Gasteiger partial charge >= 0.3 is 0 Å². The summed E-state index contributed by atoms with van der Waals surface area (Å²) < 4.78 is 0. The van der Waals surface area contributed by atoms with Crippen molar-refractivity contribution in [2.75, 3.05) is 23.7 Å². The van der Waals surface area contributed by atoms with Crippen LogP contribution < -0.4 is 16.0 Å². The Kier molecular flexibility index (Phi) is 7.37. The van der Waals surface area contributed by atoms with E-state index in [1.807, 2.05) is 50.2 Å². The molecular formula is C31H34N4O2. The van der Waals surface area contributed by atoms with Crippen LogP contribution in [0, 0.1) is 0 Å². The summed E-state index contributed by atoms with van der Waals surface area (Å²) in [5.74, 6) is -0.328.